The van der Waals surface area contributed by atoms with Crippen LogP contribution in [-0.4, -0.2) is 14.6 Å². The number of nitrogens with zero attached hydrogens (tertiary/aromatic N) is 3. The van der Waals surface area contributed by atoms with Crippen molar-refractivity contribution in [3.05, 3.63) is 30.0 Å². The second-order valence-electron chi connectivity index (χ2n) is 3.28. The predicted octanol–water partition coefficient (Wildman–Crippen LogP) is 1.99. The van der Waals surface area contributed by atoms with Crippen LogP contribution in [0.1, 0.15) is 25.5 Å². The molecule has 68 valence electrons. The highest BCUT2D eigenvalue weighted by molar-refractivity contribution is 5.38. The summed E-state index contributed by atoms with van der Waals surface area (Å²) in [5.74, 6) is -0.148. The number of imidazole rings is 1. The lowest BCUT2D eigenvalue weighted by Gasteiger charge is -1.94. The van der Waals surface area contributed by atoms with Crippen molar-refractivity contribution in [2.75, 3.05) is 0 Å². The third kappa shape index (κ3) is 1.39. The van der Waals surface area contributed by atoms with Crippen LogP contribution in [0.5, 0.6) is 0 Å². The Morgan fingerprint density at radius 2 is 2.15 bits per heavy atom. The van der Waals surface area contributed by atoms with Gasteiger partial charge in [0.15, 0.2) is 5.65 Å². The van der Waals surface area contributed by atoms with E-state index in [9.17, 15) is 4.39 Å². The molecular weight excluding hydrogens is 169 g/mol. The van der Waals surface area contributed by atoms with Gasteiger partial charge in [0.1, 0.15) is 0 Å². The van der Waals surface area contributed by atoms with E-state index in [-0.39, 0.29) is 0 Å². The number of fused-ring (bicyclic) bond motifs is 1. The van der Waals surface area contributed by atoms with E-state index in [0.717, 1.165) is 5.69 Å². The van der Waals surface area contributed by atoms with Gasteiger partial charge in [-0.3, -0.25) is 0 Å². The van der Waals surface area contributed by atoms with Crippen LogP contribution in [0.3, 0.4) is 0 Å². The normalized spacial score (nSPS) is 11.4. The highest BCUT2D eigenvalue weighted by Gasteiger charge is 2.05. The molecule has 2 heterocycles. The van der Waals surface area contributed by atoms with Crippen molar-refractivity contribution in [2.45, 2.75) is 19.8 Å². The Hall–Kier alpha value is -1.45. The van der Waals surface area contributed by atoms with E-state index in [4.69, 9.17) is 0 Å². The van der Waals surface area contributed by atoms with Gasteiger partial charge < -0.3 is 0 Å². The summed E-state index contributed by atoms with van der Waals surface area (Å²) < 4.78 is 14.2. The summed E-state index contributed by atoms with van der Waals surface area (Å²) in [4.78, 5) is 4.29. The second kappa shape index (κ2) is 2.80. The molecule has 0 saturated carbocycles. The van der Waals surface area contributed by atoms with Gasteiger partial charge in [-0.05, 0) is 18.1 Å². The molecule has 0 amide bonds. The Kier molecular flexibility index (Phi) is 1.76. The fourth-order valence-electron chi connectivity index (χ4n) is 1.16. The highest BCUT2D eigenvalue weighted by atomic mass is 19.1. The van der Waals surface area contributed by atoms with E-state index in [1.165, 1.54) is 10.6 Å². The first kappa shape index (κ1) is 8.16. The Labute approximate surface area is 75.2 Å². The zero-order valence-electron chi connectivity index (χ0n) is 7.53. The van der Waals surface area contributed by atoms with E-state index < -0.39 is 5.95 Å². The summed E-state index contributed by atoms with van der Waals surface area (Å²) in [5, 5.41) is 3.67. The van der Waals surface area contributed by atoms with Gasteiger partial charge in [0.05, 0.1) is 11.9 Å². The van der Waals surface area contributed by atoms with E-state index >= 15 is 0 Å². The van der Waals surface area contributed by atoms with Gasteiger partial charge in [-0.15, -0.1) is 5.10 Å². The van der Waals surface area contributed by atoms with Gasteiger partial charge >= 0.3 is 0 Å². The molecule has 0 spiro atoms. The molecule has 3 nitrogen and oxygen atoms in total. The Morgan fingerprint density at radius 3 is 2.85 bits per heavy atom. The van der Waals surface area contributed by atoms with Crippen molar-refractivity contribution in [2.24, 2.45) is 0 Å². The number of aromatic nitrogens is 3. The first-order chi connectivity index (χ1) is 6.16. The molecule has 2 aromatic heterocycles. The SMILES string of the molecule is CC(C)c1cn2nc(F)ccc2n1. The lowest BCUT2D eigenvalue weighted by Crippen LogP contribution is -1.92. The molecule has 0 atom stereocenters. The van der Waals surface area contributed by atoms with Gasteiger partial charge in [0.25, 0.3) is 0 Å². The molecule has 0 aliphatic carbocycles. The van der Waals surface area contributed by atoms with Crippen molar-refractivity contribution in [1.82, 2.24) is 14.6 Å². The van der Waals surface area contributed by atoms with Crippen LogP contribution in [0.4, 0.5) is 4.39 Å². The molecule has 0 N–H and O–H groups in total. The Balaban J connectivity index is 2.62. The van der Waals surface area contributed by atoms with Gasteiger partial charge in [0.2, 0.25) is 5.95 Å². The quantitative estimate of drug-likeness (QED) is 0.670. The Morgan fingerprint density at radius 1 is 1.38 bits per heavy atom. The van der Waals surface area contributed by atoms with Crippen molar-refractivity contribution in [3.8, 4) is 0 Å². The summed E-state index contributed by atoms with van der Waals surface area (Å²) in [6, 6.07) is 2.93. The molecule has 0 aliphatic rings. The van der Waals surface area contributed by atoms with Crippen molar-refractivity contribution in [1.29, 1.82) is 0 Å². The molecule has 0 aliphatic heterocycles. The van der Waals surface area contributed by atoms with Crippen LogP contribution in [0, 0.1) is 5.95 Å². The average molecular weight is 179 g/mol. The van der Waals surface area contributed by atoms with E-state index in [1.807, 2.05) is 13.8 Å². The molecule has 4 heteroatoms. The molecule has 0 bridgehead atoms. The van der Waals surface area contributed by atoms with Crippen LogP contribution in [0.25, 0.3) is 5.65 Å². The largest absolute Gasteiger partial charge is 0.232 e. The van der Waals surface area contributed by atoms with E-state index in [2.05, 4.69) is 10.1 Å². The first-order valence-corrected chi connectivity index (χ1v) is 4.18. The van der Waals surface area contributed by atoms with E-state index in [0.29, 0.717) is 11.6 Å². The van der Waals surface area contributed by atoms with Crippen LogP contribution >= 0.6 is 0 Å². The highest BCUT2D eigenvalue weighted by Crippen LogP contribution is 2.13. The number of hydrogen-bond acceptors (Lipinski definition) is 2. The summed E-state index contributed by atoms with van der Waals surface area (Å²) in [5.41, 5.74) is 1.61. The second-order valence-corrected chi connectivity index (χ2v) is 3.28. The fraction of sp³-hybridized carbons (Fsp3) is 0.333. The van der Waals surface area contributed by atoms with Crippen molar-refractivity contribution < 1.29 is 4.39 Å². The number of halogens is 1. The molecule has 0 fully saturated rings. The molecule has 0 saturated heterocycles. The zero-order chi connectivity index (χ0) is 9.42. The minimum Gasteiger partial charge on any atom is -0.232 e. The van der Waals surface area contributed by atoms with Gasteiger partial charge in [-0.2, -0.15) is 4.39 Å². The average Bonchev–Trinajstić information content (AvgIpc) is 2.46. The third-order valence-corrected chi connectivity index (χ3v) is 1.90. The van der Waals surface area contributed by atoms with Crippen LogP contribution in [0.15, 0.2) is 18.3 Å². The predicted molar refractivity (Wildman–Crippen MR) is 47.0 cm³/mol. The van der Waals surface area contributed by atoms with Crippen LogP contribution in [-0.2, 0) is 0 Å². The van der Waals surface area contributed by atoms with Crippen LogP contribution < -0.4 is 0 Å². The molecule has 2 rings (SSSR count). The maximum absolute atomic E-state index is 12.7. The maximum atomic E-state index is 12.7. The first-order valence-electron chi connectivity index (χ1n) is 4.18. The number of rotatable bonds is 1. The van der Waals surface area contributed by atoms with Crippen molar-refractivity contribution >= 4 is 5.65 Å². The third-order valence-electron chi connectivity index (χ3n) is 1.90. The molecule has 0 aromatic carbocycles. The van der Waals surface area contributed by atoms with Gasteiger partial charge in [-0.1, -0.05) is 13.8 Å². The standard InChI is InChI=1S/C9H10FN3/c1-6(2)7-5-13-9(11-7)4-3-8(10)12-13/h3-6H,1-2H3. The molecule has 0 unspecified atom stereocenters. The summed E-state index contributed by atoms with van der Waals surface area (Å²) in [6.07, 6.45) is 1.75. The lowest BCUT2D eigenvalue weighted by molar-refractivity contribution is 0.555. The molecule has 13 heavy (non-hydrogen) atoms. The molecular formula is C9H10FN3. The molecule has 2 aromatic rings. The van der Waals surface area contributed by atoms with Crippen molar-refractivity contribution in [3.63, 3.8) is 0 Å². The summed E-state index contributed by atoms with van der Waals surface area (Å²) >= 11 is 0. The van der Waals surface area contributed by atoms with Gasteiger partial charge in [0, 0.05) is 0 Å². The summed E-state index contributed by atoms with van der Waals surface area (Å²) in [6.45, 7) is 4.08. The number of hydrogen-bond donors (Lipinski definition) is 0. The Bertz CT molecular complexity index is 433. The van der Waals surface area contributed by atoms with E-state index in [1.54, 1.807) is 12.3 Å². The smallest absolute Gasteiger partial charge is 0.231 e. The minimum atomic E-state index is -0.486. The summed E-state index contributed by atoms with van der Waals surface area (Å²) in [7, 11) is 0. The maximum Gasteiger partial charge on any atom is 0.231 e. The lowest BCUT2D eigenvalue weighted by atomic mass is 10.2. The van der Waals surface area contributed by atoms with Crippen LogP contribution in [0.2, 0.25) is 0 Å². The minimum absolute atomic E-state index is 0.338. The topological polar surface area (TPSA) is 30.2 Å². The fourth-order valence-corrected chi connectivity index (χ4v) is 1.16. The van der Waals surface area contributed by atoms with Gasteiger partial charge in [-0.25, -0.2) is 9.50 Å². The monoisotopic (exact) mass is 179 g/mol. The molecule has 0 radical (unpaired) electrons. The zero-order valence-corrected chi connectivity index (χ0v) is 7.53.